The number of para-hydroxylation sites is 1. The Hall–Kier alpha value is -3.23. The molecule has 4 nitrogen and oxygen atoms in total. The number of hydrogen-bond acceptors (Lipinski definition) is 4. The maximum absolute atomic E-state index is 13.4. The first-order chi connectivity index (χ1) is 15.7. The topological polar surface area (TPSA) is 40.6 Å². The fourth-order valence-electron chi connectivity index (χ4n) is 3.34. The molecule has 0 aliphatic carbocycles. The van der Waals surface area contributed by atoms with Crippen LogP contribution in [0.15, 0.2) is 94.4 Å². The fraction of sp³-hybridized carbons (Fsp3) is 0.0833. The van der Waals surface area contributed by atoms with Crippen LogP contribution in [0.2, 0.25) is 5.02 Å². The minimum Gasteiger partial charge on any atom is -0.339 e. The molecule has 0 bridgehead atoms. The van der Waals surface area contributed by atoms with Crippen LogP contribution in [0.4, 0.5) is 24.5 Å². The van der Waals surface area contributed by atoms with E-state index in [2.05, 4.69) is 0 Å². The lowest BCUT2D eigenvalue weighted by molar-refractivity contribution is -0.137. The number of amides is 2. The zero-order chi connectivity index (χ0) is 23.8. The molecule has 0 aromatic heterocycles. The summed E-state index contributed by atoms with van der Waals surface area (Å²) in [5.41, 5.74) is -0.375. The van der Waals surface area contributed by atoms with E-state index in [0.717, 1.165) is 28.8 Å². The molecule has 168 valence electrons. The molecule has 0 atom stereocenters. The maximum Gasteiger partial charge on any atom is 0.416 e. The Balaban J connectivity index is 1.79. The first-order valence-electron chi connectivity index (χ1n) is 9.69. The summed E-state index contributed by atoms with van der Waals surface area (Å²) in [4.78, 5) is 29.9. The smallest absolute Gasteiger partial charge is 0.339 e. The van der Waals surface area contributed by atoms with Crippen molar-refractivity contribution in [1.29, 1.82) is 0 Å². The van der Waals surface area contributed by atoms with Crippen LogP contribution in [0.3, 0.4) is 0 Å². The molecule has 4 rings (SSSR count). The van der Waals surface area contributed by atoms with Gasteiger partial charge in [0.15, 0.2) is 0 Å². The van der Waals surface area contributed by atoms with Crippen LogP contribution in [0.5, 0.6) is 0 Å². The number of carbonyl (C=O) groups excluding carboxylic acids is 2. The number of alkyl halides is 3. The minimum absolute atomic E-state index is 0.0727. The quantitative estimate of drug-likeness (QED) is 0.391. The van der Waals surface area contributed by atoms with Crippen molar-refractivity contribution in [3.8, 4) is 0 Å². The summed E-state index contributed by atoms with van der Waals surface area (Å²) in [5, 5.41) is 0.509. The second kappa shape index (κ2) is 8.96. The number of rotatable bonds is 5. The second-order valence-electron chi connectivity index (χ2n) is 7.12. The van der Waals surface area contributed by atoms with Crippen molar-refractivity contribution in [3.05, 3.63) is 100 Å². The van der Waals surface area contributed by atoms with E-state index in [1.165, 1.54) is 12.1 Å². The van der Waals surface area contributed by atoms with Gasteiger partial charge < -0.3 is 4.90 Å². The number of nitrogens with zero attached hydrogens (tertiary/aromatic N) is 2. The first kappa shape index (κ1) is 22.9. The second-order valence-corrected chi connectivity index (χ2v) is 8.64. The molecule has 2 amide bonds. The molecule has 0 unspecified atom stereocenters. The van der Waals surface area contributed by atoms with Crippen molar-refractivity contribution in [3.63, 3.8) is 0 Å². The summed E-state index contributed by atoms with van der Waals surface area (Å²) in [6.45, 7) is 0. The van der Waals surface area contributed by atoms with Crippen LogP contribution in [0, 0.1) is 0 Å². The van der Waals surface area contributed by atoms with E-state index in [0.29, 0.717) is 15.6 Å². The van der Waals surface area contributed by atoms with E-state index in [4.69, 9.17) is 11.6 Å². The molecule has 3 aromatic rings. The lowest BCUT2D eigenvalue weighted by Gasteiger charge is -2.21. The summed E-state index contributed by atoms with van der Waals surface area (Å²) < 4.78 is 39.8. The standard InChI is InChI=1S/C24H16ClF3N2O2S/c1-29(17-7-3-2-4-8-17)20-21(33-19-12-10-16(25)11-13-19)23(32)30(22(20)31)18-9-5-6-15(14-18)24(26,27)28/h2-14H,1H3. The molecule has 1 aliphatic rings. The van der Waals surface area contributed by atoms with Gasteiger partial charge in [-0.1, -0.05) is 47.6 Å². The van der Waals surface area contributed by atoms with Gasteiger partial charge in [-0.2, -0.15) is 13.2 Å². The monoisotopic (exact) mass is 488 g/mol. The van der Waals surface area contributed by atoms with E-state index in [9.17, 15) is 22.8 Å². The van der Waals surface area contributed by atoms with Gasteiger partial charge in [0.2, 0.25) is 0 Å². The predicted octanol–water partition coefficient (Wildman–Crippen LogP) is 6.37. The lowest BCUT2D eigenvalue weighted by atomic mass is 10.2. The minimum atomic E-state index is -4.61. The highest BCUT2D eigenvalue weighted by Gasteiger charge is 2.43. The number of benzene rings is 3. The third-order valence-electron chi connectivity index (χ3n) is 4.96. The first-order valence-corrected chi connectivity index (χ1v) is 10.9. The van der Waals surface area contributed by atoms with E-state index < -0.39 is 23.6 Å². The van der Waals surface area contributed by atoms with Crippen LogP contribution in [0.25, 0.3) is 0 Å². The molecule has 0 radical (unpaired) electrons. The molecular weight excluding hydrogens is 473 g/mol. The Morgan fingerprint density at radius 1 is 0.879 bits per heavy atom. The van der Waals surface area contributed by atoms with Gasteiger partial charge in [0.25, 0.3) is 11.8 Å². The van der Waals surface area contributed by atoms with Crippen molar-refractivity contribution < 1.29 is 22.8 Å². The van der Waals surface area contributed by atoms with Gasteiger partial charge in [0.05, 0.1) is 11.3 Å². The van der Waals surface area contributed by atoms with E-state index >= 15 is 0 Å². The van der Waals surface area contributed by atoms with Crippen LogP contribution in [-0.2, 0) is 15.8 Å². The Kier molecular flexibility index (Phi) is 6.23. The third kappa shape index (κ3) is 4.62. The van der Waals surface area contributed by atoms with Gasteiger partial charge in [-0.3, -0.25) is 9.59 Å². The van der Waals surface area contributed by atoms with Gasteiger partial charge in [-0.05, 0) is 54.6 Å². The number of imide groups is 1. The normalized spacial score (nSPS) is 14.3. The Labute approximate surface area is 197 Å². The highest BCUT2D eigenvalue weighted by atomic mass is 35.5. The molecule has 0 N–H and O–H groups in total. The van der Waals surface area contributed by atoms with E-state index in [-0.39, 0.29) is 16.3 Å². The highest BCUT2D eigenvalue weighted by Crippen LogP contribution is 2.41. The molecule has 0 saturated carbocycles. The fourth-order valence-corrected chi connectivity index (χ4v) is 4.48. The van der Waals surface area contributed by atoms with Gasteiger partial charge >= 0.3 is 6.18 Å². The average molecular weight is 489 g/mol. The van der Waals surface area contributed by atoms with Crippen LogP contribution >= 0.6 is 23.4 Å². The molecule has 0 saturated heterocycles. The largest absolute Gasteiger partial charge is 0.416 e. The molecule has 1 heterocycles. The van der Waals surface area contributed by atoms with Crippen LogP contribution < -0.4 is 9.80 Å². The Morgan fingerprint density at radius 2 is 1.55 bits per heavy atom. The van der Waals surface area contributed by atoms with Crippen molar-refractivity contribution in [2.75, 3.05) is 16.8 Å². The van der Waals surface area contributed by atoms with Gasteiger partial charge in [0.1, 0.15) is 10.6 Å². The summed E-state index contributed by atoms with van der Waals surface area (Å²) >= 11 is 7.00. The predicted molar refractivity (Wildman–Crippen MR) is 123 cm³/mol. The highest BCUT2D eigenvalue weighted by molar-refractivity contribution is 8.04. The van der Waals surface area contributed by atoms with Gasteiger partial charge in [0, 0.05) is 22.7 Å². The summed E-state index contributed by atoms with van der Waals surface area (Å²) in [6.07, 6.45) is -4.61. The molecule has 33 heavy (non-hydrogen) atoms. The van der Waals surface area contributed by atoms with Crippen LogP contribution in [-0.4, -0.2) is 18.9 Å². The van der Waals surface area contributed by atoms with E-state index in [1.54, 1.807) is 60.5 Å². The van der Waals surface area contributed by atoms with Crippen molar-refractivity contribution >= 4 is 46.6 Å². The summed E-state index contributed by atoms with van der Waals surface area (Å²) in [7, 11) is 1.63. The lowest BCUT2D eigenvalue weighted by Crippen LogP contribution is -2.34. The SMILES string of the molecule is CN(C1=C(Sc2ccc(Cl)cc2)C(=O)N(c2cccc(C(F)(F)F)c2)C1=O)c1ccccc1. The molecule has 3 aromatic carbocycles. The number of thioether (sulfide) groups is 1. The number of halogens is 4. The van der Waals surface area contributed by atoms with Gasteiger partial charge in [-0.15, -0.1) is 0 Å². The molecule has 9 heteroatoms. The molecule has 1 aliphatic heterocycles. The third-order valence-corrected chi connectivity index (χ3v) is 6.29. The Bertz CT molecular complexity index is 1240. The summed E-state index contributed by atoms with van der Waals surface area (Å²) in [5.74, 6) is -1.40. The van der Waals surface area contributed by atoms with Crippen molar-refractivity contribution in [1.82, 2.24) is 0 Å². The molecule has 0 fully saturated rings. The number of anilines is 2. The van der Waals surface area contributed by atoms with Crippen LogP contribution in [0.1, 0.15) is 5.56 Å². The zero-order valence-electron chi connectivity index (χ0n) is 17.1. The van der Waals surface area contributed by atoms with Crippen molar-refractivity contribution in [2.24, 2.45) is 0 Å². The molecular formula is C24H16ClF3N2O2S. The van der Waals surface area contributed by atoms with Crippen molar-refractivity contribution in [2.45, 2.75) is 11.1 Å². The van der Waals surface area contributed by atoms with Gasteiger partial charge in [-0.25, -0.2) is 4.90 Å². The number of carbonyl (C=O) groups is 2. The maximum atomic E-state index is 13.4. The number of likely N-dealkylation sites (N-methyl/N-ethyl adjacent to an activating group) is 1. The summed E-state index contributed by atoms with van der Waals surface area (Å²) in [6, 6.07) is 19.8. The molecule has 0 spiro atoms. The number of hydrogen-bond donors (Lipinski definition) is 0. The van der Waals surface area contributed by atoms with E-state index in [1.807, 2.05) is 6.07 Å². The Morgan fingerprint density at radius 3 is 2.18 bits per heavy atom. The average Bonchev–Trinajstić information content (AvgIpc) is 3.04. The zero-order valence-corrected chi connectivity index (χ0v) is 18.7.